The van der Waals surface area contributed by atoms with Gasteiger partial charge in [-0.3, -0.25) is 9.59 Å². The summed E-state index contributed by atoms with van der Waals surface area (Å²) in [4.78, 5) is 27.3. The van der Waals surface area contributed by atoms with Crippen LogP contribution in [0.3, 0.4) is 0 Å². The number of nitrogens with one attached hydrogen (secondary N) is 3. The van der Waals surface area contributed by atoms with E-state index >= 15 is 0 Å². The van der Waals surface area contributed by atoms with Crippen molar-refractivity contribution in [2.45, 2.75) is 61.2 Å². The molecule has 2 heterocycles. The van der Waals surface area contributed by atoms with E-state index < -0.39 is 38.8 Å². The minimum Gasteiger partial charge on any atom is -0.374 e. The molecule has 0 aromatic heterocycles. The molecule has 2 aromatic rings. The first-order chi connectivity index (χ1) is 17.4. The van der Waals surface area contributed by atoms with Crippen molar-refractivity contribution in [2.24, 2.45) is 5.73 Å². The molecule has 0 saturated carbocycles. The number of anilines is 1. The molecule has 1 amide bonds. The molecule has 2 aliphatic heterocycles. The summed E-state index contributed by atoms with van der Waals surface area (Å²) in [5, 5.41) is 9.45. The average molecular weight is 529 g/mol. The fourth-order valence-electron chi connectivity index (χ4n) is 5.28. The second-order valence-electron chi connectivity index (χ2n) is 10.6. The van der Waals surface area contributed by atoms with Gasteiger partial charge in [0, 0.05) is 22.9 Å². The van der Waals surface area contributed by atoms with Crippen molar-refractivity contribution in [2.75, 3.05) is 31.3 Å². The van der Waals surface area contributed by atoms with Crippen LogP contribution in [0.1, 0.15) is 37.8 Å². The molecule has 1 fully saturated rings. The second kappa shape index (κ2) is 10.5. The van der Waals surface area contributed by atoms with E-state index in [0.717, 1.165) is 5.56 Å². The highest BCUT2D eigenvalue weighted by atomic mass is 32.2. The minimum absolute atomic E-state index is 0.0443. The molecule has 0 bridgehead atoms. The molecular weight excluding hydrogens is 492 g/mol. The highest BCUT2D eigenvalue weighted by molar-refractivity contribution is 7.90. The highest BCUT2D eigenvalue weighted by Gasteiger charge is 2.54. The number of Topliss-reactive ketones (excluding diaryl/α,β-unsaturated/α-hetero) is 1. The third-order valence-electron chi connectivity index (χ3n) is 7.19. The van der Waals surface area contributed by atoms with Crippen LogP contribution in [0.2, 0.25) is 0 Å². The lowest BCUT2D eigenvalue weighted by Crippen LogP contribution is -2.60. The van der Waals surface area contributed by atoms with Crippen molar-refractivity contribution in [3.8, 4) is 0 Å². The Morgan fingerprint density at radius 1 is 1.14 bits per heavy atom. The van der Waals surface area contributed by atoms with Crippen molar-refractivity contribution in [3.63, 3.8) is 0 Å². The quantitative estimate of drug-likeness (QED) is 0.384. The molecule has 1 saturated heterocycles. The zero-order valence-electron chi connectivity index (χ0n) is 21.5. The molecule has 1 unspecified atom stereocenters. The van der Waals surface area contributed by atoms with Gasteiger partial charge in [-0.25, -0.2) is 8.42 Å². The smallest absolute Gasteiger partial charge is 0.240 e. The Hall–Kier alpha value is -2.79. The van der Waals surface area contributed by atoms with Gasteiger partial charge >= 0.3 is 0 Å². The second-order valence-corrected chi connectivity index (χ2v) is 12.6. The largest absolute Gasteiger partial charge is 0.374 e. The Morgan fingerprint density at radius 2 is 1.81 bits per heavy atom. The van der Waals surface area contributed by atoms with Crippen molar-refractivity contribution in [3.05, 3.63) is 59.7 Å². The van der Waals surface area contributed by atoms with E-state index in [9.17, 15) is 18.0 Å². The molecule has 1 spiro atoms. The van der Waals surface area contributed by atoms with Gasteiger partial charge in [0.1, 0.15) is 6.04 Å². The minimum atomic E-state index is -3.54. The summed E-state index contributed by atoms with van der Waals surface area (Å²) < 4.78 is 31.4. The summed E-state index contributed by atoms with van der Waals surface area (Å²) in [6.45, 7) is 4.66. The zero-order valence-corrected chi connectivity index (χ0v) is 22.4. The molecule has 37 heavy (non-hydrogen) atoms. The summed E-state index contributed by atoms with van der Waals surface area (Å²) in [5.41, 5.74) is 6.32. The van der Waals surface area contributed by atoms with Crippen molar-refractivity contribution < 1.29 is 22.7 Å². The van der Waals surface area contributed by atoms with Gasteiger partial charge in [0.05, 0.1) is 29.7 Å². The van der Waals surface area contributed by atoms with Crippen LogP contribution >= 0.6 is 0 Å². The number of ether oxygens (including phenoxy) is 1. The van der Waals surface area contributed by atoms with E-state index in [1.54, 1.807) is 26.0 Å². The van der Waals surface area contributed by atoms with Gasteiger partial charge in [-0.05, 0) is 57.5 Å². The number of carbonyl (C=O) groups is 2. The Kier molecular flexibility index (Phi) is 7.75. The lowest BCUT2D eigenvalue weighted by molar-refractivity contribution is -0.133. The summed E-state index contributed by atoms with van der Waals surface area (Å²) in [5.74, 6) is -0.732. The van der Waals surface area contributed by atoms with E-state index in [1.807, 2.05) is 36.4 Å². The molecule has 10 heteroatoms. The van der Waals surface area contributed by atoms with Gasteiger partial charge in [0.2, 0.25) is 5.91 Å². The number of nitrogens with two attached hydrogens (primary N) is 1. The van der Waals surface area contributed by atoms with Crippen LogP contribution in [0, 0.1) is 0 Å². The molecule has 0 aliphatic carbocycles. The molecule has 200 valence electrons. The molecule has 2 aliphatic rings. The number of fused-ring (bicyclic) bond motifs is 2. The number of piperidine rings is 1. The number of hydrogen-bond donors (Lipinski definition) is 4. The average Bonchev–Trinajstić information content (AvgIpc) is 3.16. The monoisotopic (exact) mass is 528 g/mol. The fraction of sp³-hybridized carbons (Fsp3) is 0.481. The first-order valence-corrected chi connectivity index (χ1v) is 14.4. The first-order valence-electron chi connectivity index (χ1n) is 12.5. The standard InChI is InChI=1S/C27H36N4O5S/c1-26(2,28)25(33)31-20(17-36-16-18-8-5-4-6-9-18)23(32)24-27(12-14-29-15-13-27)22-19(30-24)10-7-11-21(22)37(3,34)35/h4-11,20,24,29-30H,12-17,28H2,1-3H3,(H,31,33)/t20?,24-/m0/s1. The lowest BCUT2D eigenvalue weighted by atomic mass is 9.68. The Balaban J connectivity index is 1.67. The summed E-state index contributed by atoms with van der Waals surface area (Å²) >= 11 is 0. The predicted octanol–water partition coefficient (Wildman–Crippen LogP) is 1.51. The Labute approximate surface area is 218 Å². The van der Waals surface area contributed by atoms with Crippen LogP contribution in [-0.4, -0.2) is 63.7 Å². The van der Waals surface area contributed by atoms with Crippen molar-refractivity contribution >= 4 is 27.2 Å². The van der Waals surface area contributed by atoms with Gasteiger partial charge in [-0.2, -0.15) is 0 Å². The SMILES string of the molecule is CC(C)(N)C(=O)NC(COCc1ccccc1)C(=O)[C@@H]1Nc2cccc(S(C)(=O)=O)c2C12CCNCC2. The van der Waals surface area contributed by atoms with E-state index in [4.69, 9.17) is 10.5 Å². The fourth-order valence-corrected chi connectivity index (χ4v) is 6.29. The molecule has 5 N–H and O–H groups in total. The van der Waals surface area contributed by atoms with Crippen LogP contribution in [-0.2, 0) is 36.2 Å². The Bertz CT molecular complexity index is 1250. The maximum atomic E-state index is 14.2. The van der Waals surface area contributed by atoms with E-state index in [0.29, 0.717) is 37.2 Å². The molecule has 0 radical (unpaired) electrons. The number of rotatable bonds is 9. The van der Waals surface area contributed by atoms with Gasteiger partial charge in [0.25, 0.3) is 0 Å². The highest BCUT2D eigenvalue weighted by Crippen LogP contribution is 2.50. The maximum Gasteiger partial charge on any atom is 0.240 e. The molecule has 2 atom stereocenters. The van der Waals surface area contributed by atoms with E-state index in [1.165, 1.54) is 6.26 Å². The summed E-state index contributed by atoms with van der Waals surface area (Å²) in [6, 6.07) is 12.9. The Morgan fingerprint density at radius 3 is 2.43 bits per heavy atom. The van der Waals surface area contributed by atoms with E-state index in [2.05, 4.69) is 16.0 Å². The normalized spacial score (nSPS) is 19.6. The molecule has 2 aromatic carbocycles. The number of carbonyl (C=O) groups excluding carboxylic acids is 2. The number of ketones is 1. The number of amides is 1. The van der Waals surface area contributed by atoms with Crippen LogP contribution < -0.4 is 21.7 Å². The van der Waals surface area contributed by atoms with Crippen molar-refractivity contribution in [1.29, 1.82) is 0 Å². The van der Waals surface area contributed by atoms with Crippen LogP contribution in [0.4, 0.5) is 5.69 Å². The first kappa shape index (κ1) is 27.3. The topological polar surface area (TPSA) is 140 Å². The zero-order chi connectivity index (χ0) is 26.8. The third-order valence-corrected chi connectivity index (χ3v) is 8.33. The number of hydrogen-bond acceptors (Lipinski definition) is 8. The van der Waals surface area contributed by atoms with Crippen LogP contribution in [0.5, 0.6) is 0 Å². The molecule has 4 rings (SSSR count). The third kappa shape index (κ3) is 5.72. The molecule has 9 nitrogen and oxygen atoms in total. The molecular formula is C27H36N4O5S. The predicted molar refractivity (Wildman–Crippen MR) is 142 cm³/mol. The van der Waals surface area contributed by atoms with Crippen LogP contribution in [0.25, 0.3) is 0 Å². The number of sulfone groups is 1. The van der Waals surface area contributed by atoms with E-state index in [-0.39, 0.29) is 23.9 Å². The van der Waals surface area contributed by atoms with Gasteiger partial charge in [-0.15, -0.1) is 0 Å². The van der Waals surface area contributed by atoms with Crippen LogP contribution in [0.15, 0.2) is 53.4 Å². The van der Waals surface area contributed by atoms with Gasteiger partial charge in [0.15, 0.2) is 15.6 Å². The number of benzene rings is 2. The van der Waals surface area contributed by atoms with Crippen molar-refractivity contribution in [1.82, 2.24) is 10.6 Å². The lowest BCUT2D eigenvalue weighted by Gasteiger charge is -2.40. The van der Waals surface area contributed by atoms with Gasteiger partial charge < -0.3 is 26.4 Å². The van der Waals surface area contributed by atoms with Gasteiger partial charge in [-0.1, -0.05) is 36.4 Å². The summed E-state index contributed by atoms with van der Waals surface area (Å²) in [6.07, 6.45) is 2.34. The maximum absolute atomic E-state index is 14.2. The summed E-state index contributed by atoms with van der Waals surface area (Å²) in [7, 11) is -3.54.